The van der Waals surface area contributed by atoms with Crippen molar-refractivity contribution >= 4 is 22.9 Å². The van der Waals surface area contributed by atoms with Crippen molar-refractivity contribution in [2.75, 3.05) is 5.32 Å². The Morgan fingerprint density at radius 1 is 1.33 bits per heavy atom. The molecule has 0 radical (unpaired) electrons. The Morgan fingerprint density at radius 2 is 2.17 bits per heavy atom. The first-order chi connectivity index (χ1) is 8.70. The summed E-state index contributed by atoms with van der Waals surface area (Å²) in [6.45, 7) is 0. The zero-order valence-corrected chi connectivity index (χ0v) is 10.0. The number of anilines is 1. The molecular formula is C13H8FN3S. The van der Waals surface area contributed by atoms with Gasteiger partial charge in [-0.25, -0.2) is 4.39 Å². The fourth-order valence-electron chi connectivity index (χ4n) is 1.38. The van der Waals surface area contributed by atoms with Gasteiger partial charge in [0.1, 0.15) is 16.9 Å². The standard InChI is InChI=1S/C13H8FN3S/c14-11-5-4-10(7-9(11)8-15)17-13(18)12-3-1-2-6-16-12/h1-7H,(H,17,18). The number of rotatable bonds is 2. The van der Waals surface area contributed by atoms with E-state index in [0.29, 0.717) is 16.4 Å². The van der Waals surface area contributed by atoms with E-state index in [2.05, 4.69) is 10.3 Å². The van der Waals surface area contributed by atoms with Gasteiger partial charge in [0.15, 0.2) is 0 Å². The molecule has 2 aromatic rings. The topological polar surface area (TPSA) is 48.7 Å². The summed E-state index contributed by atoms with van der Waals surface area (Å²) in [7, 11) is 0. The number of halogens is 1. The average Bonchev–Trinajstić information content (AvgIpc) is 2.42. The van der Waals surface area contributed by atoms with Gasteiger partial charge < -0.3 is 5.32 Å². The van der Waals surface area contributed by atoms with E-state index in [0.717, 1.165) is 0 Å². The number of nitrogens with zero attached hydrogens (tertiary/aromatic N) is 2. The van der Waals surface area contributed by atoms with Crippen LogP contribution in [0.25, 0.3) is 0 Å². The van der Waals surface area contributed by atoms with Crippen molar-refractivity contribution in [2.45, 2.75) is 0 Å². The Morgan fingerprint density at radius 3 is 2.83 bits per heavy atom. The van der Waals surface area contributed by atoms with E-state index in [1.54, 1.807) is 24.4 Å². The summed E-state index contributed by atoms with van der Waals surface area (Å²) in [6.07, 6.45) is 1.63. The van der Waals surface area contributed by atoms with Crippen molar-refractivity contribution in [3.05, 3.63) is 59.7 Å². The Hall–Kier alpha value is -2.32. The summed E-state index contributed by atoms with van der Waals surface area (Å²) < 4.78 is 13.1. The minimum Gasteiger partial charge on any atom is -0.345 e. The third-order valence-corrected chi connectivity index (χ3v) is 2.55. The van der Waals surface area contributed by atoms with Crippen molar-refractivity contribution in [3.63, 3.8) is 0 Å². The Kier molecular flexibility index (Phi) is 3.60. The molecule has 0 amide bonds. The molecule has 1 aromatic heterocycles. The molecule has 0 aliphatic carbocycles. The number of nitrogens with one attached hydrogen (secondary N) is 1. The zero-order chi connectivity index (χ0) is 13.0. The monoisotopic (exact) mass is 257 g/mol. The second kappa shape index (κ2) is 5.34. The van der Waals surface area contributed by atoms with Crippen molar-refractivity contribution in [1.29, 1.82) is 5.26 Å². The molecule has 0 fully saturated rings. The van der Waals surface area contributed by atoms with Gasteiger partial charge in [-0.1, -0.05) is 18.3 Å². The summed E-state index contributed by atoms with van der Waals surface area (Å²) >= 11 is 5.16. The van der Waals surface area contributed by atoms with Gasteiger partial charge in [0.05, 0.1) is 11.3 Å². The highest BCUT2D eigenvalue weighted by Gasteiger charge is 2.05. The maximum Gasteiger partial charge on any atom is 0.141 e. The highest BCUT2D eigenvalue weighted by molar-refractivity contribution is 7.81. The fraction of sp³-hybridized carbons (Fsp3) is 0. The van der Waals surface area contributed by atoms with Crippen LogP contribution < -0.4 is 5.32 Å². The van der Waals surface area contributed by atoms with Crippen LogP contribution in [0.3, 0.4) is 0 Å². The van der Waals surface area contributed by atoms with E-state index in [1.165, 1.54) is 18.2 Å². The van der Waals surface area contributed by atoms with E-state index in [4.69, 9.17) is 17.5 Å². The molecule has 88 valence electrons. The predicted octanol–water partition coefficient (Wildman–Crippen LogP) is 2.88. The number of pyridine rings is 1. The smallest absolute Gasteiger partial charge is 0.141 e. The van der Waals surface area contributed by atoms with Gasteiger partial charge in [0, 0.05) is 11.9 Å². The number of thiocarbonyl (C=S) groups is 1. The maximum absolute atomic E-state index is 13.1. The number of benzene rings is 1. The molecule has 1 heterocycles. The SMILES string of the molecule is N#Cc1cc(NC(=S)c2ccccn2)ccc1F. The first-order valence-electron chi connectivity index (χ1n) is 5.13. The van der Waals surface area contributed by atoms with Crippen LogP contribution in [0.1, 0.15) is 11.3 Å². The van der Waals surface area contributed by atoms with Crippen molar-refractivity contribution < 1.29 is 4.39 Å². The molecule has 0 unspecified atom stereocenters. The maximum atomic E-state index is 13.1. The lowest BCUT2D eigenvalue weighted by molar-refractivity contribution is 0.624. The minimum absolute atomic E-state index is 0.0242. The molecule has 1 aromatic carbocycles. The molecule has 1 N–H and O–H groups in total. The number of hydrogen-bond donors (Lipinski definition) is 1. The highest BCUT2D eigenvalue weighted by atomic mass is 32.1. The molecule has 5 heteroatoms. The molecule has 18 heavy (non-hydrogen) atoms. The Labute approximate surface area is 109 Å². The van der Waals surface area contributed by atoms with E-state index >= 15 is 0 Å². The van der Waals surface area contributed by atoms with Crippen LogP contribution in [0, 0.1) is 17.1 Å². The van der Waals surface area contributed by atoms with Gasteiger partial charge in [-0.3, -0.25) is 4.98 Å². The van der Waals surface area contributed by atoms with Crippen LogP contribution in [0.5, 0.6) is 0 Å². The van der Waals surface area contributed by atoms with Crippen LogP contribution in [0.15, 0.2) is 42.6 Å². The van der Waals surface area contributed by atoms with Gasteiger partial charge in [-0.05, 0) is 30.3 Å². The van der Waals surface area contributed by atoms with E-state index in [1.807, 2.05) is 6.07 Å². The van der Waals surface area contributed by atoms with Crippen LogP contribution in [0.4, 0.5) is 10.1 Å². The highest BCUT2D eigenvalue weighted by Crippen LogP contribution is 2.14. The van der Waals surface area contributed by atoms with E-state index in [9.17, 15) is 4.39 Å². The average molecular weight is 257 g/mol. The van der Waals surface area contributed by atoms with Gasteiger partial charge in [-0.2, -0.15) is 5.26 Å². The molecule has 0 aliphatic rings. The molecule has 2 rings (SSSR count). The zero-order valence-electron chi connectivity index (χ0n) is 9.22. The molecule has 0 saturated carbocycles. The minimum atomic E-state index is -0.549. The summed E-state index contributed by atoms with van der Waals surface area (Å²) in [5.74, 6) is -0.549. The molecule has 0 saturated heterocycles. The lowest BCUT2D eigenvalue weighted by atomic mass is 10.2. The molecule has 3 nitrogen and oxygen atoms in total. The Bertz CT molecular complexity index is 620. The van der Waals surface area contributed by atoms with E-state index < -0.39 is 5.82 Å². The predicted molar refractivity (Wildman–Crippen MR) is 70.7 cm³/mol. The van der Waals surface area contributed by atoms with Gasteiger partial charge in [-0.15, -0.1) is 0 Å². The molecule has 0 bridgehead atoms. The summed E-state index contributed by atoms with van der Waals surface area (Å²) in [4.78, 5) is 4.51. The lowest BCUT2D eigenvalue weighted by Crippen LogP contribution is -2.12. The van der Waals surface area contributed by atoms with Crippen LogP contribution in [-0.2, 0) is 0 Å². The van der Waals surface area contributed by atoms with E-state index in [-0.39, 0.29) is 5.56 Å². The third kappa shape index (κ3) is 2.67. The summed E-state index contributed by atoms with van der Waals surface area (Å²) in [5.41, 5.74) is 1.16. The second-order valence-corrected chi connectivity index (χ2v) is 3.88. The molecular weight excluding hydrogens is 249 g/mol. The first kappa shape index (κ1) is 12.1. The molecule has 0 spiro atoms. The molecule has 0 atom stereocenters. The van der Waals surface area contributed by atoms with Crippen LogP contribution in [-0.4, -0.2) is 9.97 Å². The van der Waals surface area contributed by atoms with Crippen molar-refractivity contribution in [2.24, 2.45) is 0 Å². The van der Waals surface area contributed by atoms with Gasteiger partial charge in [0.25, 0.3) is 0 Å². The Balaban J connectivity index is 2.20. The van der Waals surface area contributed by atoms with Crippen LogP contribution >= 0.6 is 12.2 Å². The van der Waals surface area contributed by atoms with Crippen LogP contribution in [0.2, 0.25) is 0 Å². The van der Waals surface area contributed by atoms with Gasteiger partial charge in [0.2, 0.25) is 0 Å². The quantitative estimate of drug-likeness (QED) is 0.840. The second-order valence-electron chi connectivity index (χ2n) is 3.48. The molecule has 0 aliphatic heterocycles. The first-order valence-corrected chi connectivity index (χ1v) is 5.53. The summed E-state index contributed by atoms with van der Waals surface area (Å²) in [5, 5.41) is 11.6. The lowest BCUT2D eigenvalue weighted by Gasteiger charge is -2.07. The fourth-order valence-corrected chi connectivity index (χ4v) is 1.62. The van der Waals surface area contributed by atoms with Crippen molar-refractivity contribution in [3.8, 4) is 6.07 Å². The van der Waals surface area contributed by atoms with Crippen molar-refractivity contribution in [1.82, 2.24) is 4.98 Å². The normalized spacial score (nSPS) is 9.56. The van der Waals surface area contributed by atoms with Gasteiger partial charge >= 0.3 is 0 Å². The third-order valence-electron chi connectivity index (χ3n) is 2.24. The largest absolute Gasteiger partial charge is 0.345 e. The number of hydrogen-bond acceptors (Lipinski definition) is 3. The number of nitriles is 1. The number of aromatic nitrogens is 1. The summed E-state index contributed by atoms with van der Waals surface area (Å²) in [6, 6.07) is 11.3.